The summed E-state index contributed by atoms with van der Waals surface area (Å²) < 4.78 is 0. The lowest BCUT2D eigenvalue weighted by Crippen LogP contribution is -2.19. The number of urea groups is 1. The fraction of sp³-hybridized carbons (Fsp3) is 0.190. The van der Waals surface area contributed by atoms with Gasteiger partial charge in [0.05, 0.1) is 10.7 Å². The molecule has 0 saturated heterocycles. The lowest BCUT2D eigenvalue weighted by atomic mass is 10.2. The number of amides is 2. The van der Waals surface area contributed by atoms with Gasteiger partial charge < -0.3 is 20.9 Å². The van der Waals surface area contributed by atoms with Gasteiger partial charge in [0.15, 0.2) is 0 Å². The first-order chi connectivity index (χ1) is 13.8. The monoisotopic (exact) mass is 410 g/mol. The highest BCUT2D eigenvalue weighted by atomic mass is 35.5. The zero-order chi connectivity index (χ0) is 21.0. The molecule has 7 nitrogen and oxygen atoms in total. The van der Waals surface area contributed by atoms with Crippen molar-refractivity contribution < 1.29 is 4.79 Å². The molecule has 2 aromatic carbocycles. The molecule has 0 aliphatic heterocycles. The third-order valence-electron chi connectivity index (χ3n) is 4.07. The second kappa shape index (κ2) is 8.79. The van der Waals surface area contributed by atoms with Gasteiger partial charge in [-0.25, -0.2) is 9.78 Å². The van der Waals surface area contributed by atoms with Crippen LogP contribution in [0.1, 0.15) is 11.3 Å². The number of hydrogen-bond donors (Lipinski definition) is 3. The molecule has 1 heterocycles. The van der Waals surface area contributed by atoms with Crippen LogP contribution in [0, 0.1) is 13.8 Å². The molecule has 0 unspecified atom stereocenters. The number of nitrogens with zero attached hydrogens (tertiary/aromatic N) is 3. The molecule has 0 spiro atoms. The quantitative estimate of drug-likeness (QED) is 0.538. The second-order valence-electron chi connectivity index (χ2n) is 6.85. The van der Waals surface area contributed by atoms with Crippen molar-refractivity contribution in [2.75, 3.05) is 34.9 Å². The van der Waals surface area contributed by atoms with Crippen LogP contribution in [0.25, 0.3) is 0 Å². The van der Waals surface area contributed by atoms with Crippen molar-refractivity contribution in [3.05, 3.63) is 64.8 Å². The zero-order valence-corrected chi connectivity index (χ0v) is 17.5. The number of benzene rings is 2. The summed E-state index contributed by atoms with van der Waals surface area (Å²) in [6.45, 7) is 3.86. The maximum Gasteiger partial charge on any atom is 0.323 e. The van der Waals surface area contributed by atoms with Crippen molar-refractivity contribution in [2.45, 2.75) is 13.8 Å². The number of aryl methyl sites for hydroxylation is 2. The van der Waals surface area contributed by atoms with Gasteiger partial charge in [0.2, 0.25) is 5.95 Å². The highest BCUT2D eigenvalue weighted by Crippen LogP contribution is 2.23. The van der Waals surface area contributed by atoms with Crippen molar-refractivity contribution in [3.8, 4) is 0 Å². The van der Waals surface area contributed by atoms with E-state index in [0.717, 1.165) is 22.8 Å². The third-order valence-corrected chi connectivity index (χ3v) is 4.38. The Morgan fingerprint density at radius 3 is 2.28 bits per heavy atom. The molecule has 150 valence electrons. The van der Waals surface area contributed by atoms with Gasteiger partial charge in [-0.1, -0.05) is 17.7 Å². The lowest BCUT2D eigenvalue weighted by molar-refractivity contribution is 0.262. The Kier molecular flexibility index (Phi) is 6.19. The molecule has 0 saturated carbocycles. The summed E-state index contributed by atoms with van der Waals surface area (Å²) in [4.78, 5) is 23.0. The second-order valence-corrected chi connectivity index (χ2v) is 7.26. The minimum Gasteiger partial charge on any atom is -0.363 e. The van der Waals surface area contributed by atoms with E-state index in [-0.39, 0.29) is 6.03 Å². The first-order valence-corrected chi connectivity index (χ1v) is 9.42. The van der Waals surface area contributed by atoms with Gasteiger partial charge in [0, 0.05) is 37.2 Å². The van der Waals surface area contributed by atoms with Gasteiger partial charge in [-0.3, -0.25) is 0 Å². The Hall–Kier alpha value is -3.32. The van der Waals surface area contributed by atoms with E-state index in [1.165, 1.54) is 0 Å². The van der Waals surface area contributed by atoms with E-state index in [2.05, 4.69) is 25.9 Å². The van der Waals surface area contributed by atoms with Gasteiger partial charge in [0.1, 0.15) is 5.82 Å². The van der Waals surface area contributed by atoms with Crippen molar-refractivity contribution in [1.29, 1.82) is 0 Å². The molecule has 0 aliphatic rings. The van der Waals surface area contributed by atoms with Crippen LogP contribution in [0.5, 0.6) is 0 Å². The molecular formula is C21H23ClN6O. The Morgan fingerprint density at radius 1 is 0.931 bits per heavy atom. The molecule has 29 heavy (non-hydrogen) atoms. The molecule has 0 radical (unpaired) electrons. The average molecular weight is 411 g/mol. The van der Waals surface area contributed by atoms with Crippen LogP contribution in [0.2, 0.25) is 5.02 Å². The Morgan fingerprint density at radius 2 is 1.62 bits per heavy atom. The predicted octanol–water partition coefficient (Wildman–Crippen LogP) is 5.20. The summed E-state index contributed by atoms with van der Waals surface area (Å²) in [5.41, 5.74) is 3.92. The van der Waals surface area contributed by atoms with E-state index in [1.54, 1.807) is 24.3 Å². The SMILES string of the molecule is Cc1ccc(NC(=O)Nc2ccc(Nc3nc(C)cc(N(C)C)n3)cc2)c(Cl)c1. The summed E-state index contributed by atoms with van der Waals surface area (Å²) in [6.07, 6.45) is 0. The summed E-state index contributed by atoms with van der Waals surface area (Å²) in [7, 11) is 3.86. The van der Waals surface area contributed by atoms with Crippen molar-refractivity contribution in [2.24, 2.45) is 0 Å². The Balaban J connectivity index is 1.63. The van der Waals surface area contributed by atoms with E-state index in [1.807, 2.05) is 57.1 Å². The molecular weight excluding hydrogens is 388 g/mol. The topological polar surface area (TPSA) is 82.2 Å². The molecule has 0 bridgehead atoms. The number of nitrogens with one attached hydrogen (secondary N) is 3. The number of rotatable bonds is 5. The Labute approximate surface area is 175 Å². The molecule has 1 aromatic heterocycles. The van der Waals surface area contributed by atoms with Crippen LogP contribution in [0.3, 0.4) is 0 Å². The summed E-state index contributed by atoms with van der Waals surface area (Å²) in [6, 6.07) is 14.3. The molecule has 0 atom stereocenters. The first-order valence-electron chi connectivity index (χ1n) is 9.04. The summed E-state index contributed by atoms with van der Waals surface area (Å²) in [5, 5.41) is 9.20. The van der Waals surface area contributed by atoms with E-state index >= 15 is 0 Å². The van der Waals surface area contributed by atoms with E-state index in [0.29, 0.717) is 22.3 Å². The van der Waals surface area contributed by atoms with Gasteiger partial charge in [-0.05, 0) is 55.8 Å². The van der Waals surface area contributed by atoms with Crippen LogP contribution in [-0.2, 0) is 0 Å². The fourth-order valence-electron chi connectivity index (χ4n) is 2.61. The number of hydrogen-bond acceptors (Lipinski definition) is 5. The van der Waals surface area contributed by atoms with E-state index < -0.39 is 0 Å². The molecule has 8 heteroatoms. The molecule has 3 rings (SSSR count). The molecule has 0 aliphatic carbocycles. The van der Waals surface area contributed by atoms with Gasteiger partial charge in [-0.15, -0.1) is 0 Å². The standard InChI is InChI=1S/C21H23ClN6O/c1-13-5-10-18(17(22)11-13)26-21(29)25-16-8-6-15(7-9-16)24-20-23-14(2)12-19(27-20)28(3)4/h5-12H,1-4H3,(H,23,24,27)(H2,25,26,29). The molecule has 2 amide bonds. The minimum atomic E-state index is -0.367. The number of anilines is 5. The third kappa shape index (κ3) is 5.58. The van der Waals surface area contributed by atoms with E-state index in [9.17, 15) is 4.79 Å². The number of aromatic nitrogens is 2. The molecule has 3 N–H and O–H groups in total. The first kappa shape index (κ1) is 20.4. The van der Waals surface area contributed by atoms with Crippen molar-refractivity contribution in [1.82, 2.24) is 9.97 Å². The van der Waals surface area contributed by atoms with Crippen LogP contribution in [0.15, 0.2) is 48.5 Å². The fourth-order valence-corrected chi connectivity index (χ4v) is 2.89. The normalized spacial score (nSPS) is 10.4. The summed E-state index contributed by atoms with van der Waals surface area (Å²) >= 11 is 6.15. The Bertz CT molecular complexity index is 1020. The predicted molar refractivity (Wildman–Crippen MR) is 120 cm³/mol. The highest BCUT2D eigenvalue weighted by Gasteiger charge is 2.07. The van der Waals surface area contributed by atoms with Gasteiger partial charge >= 0.3 is 6.03 Å². The van der Waals surface area contributed by atoms with Gasteiger partial charge in [0.25, 0.3) is 0 Å². The maximum atomic E-state index is 12.2. The largest absolute Gasteiger partial charge is 0.363 e. The van der Waals surface area contributed by atoms with Gasteiger partial charge in [-0.2, -0.15) is 4.98 Å². The smallest absolute Gasteiger partial charge is 0.323 e. The number of carbonyl (C=O) groups excluding carboxylic acids is 1. The molecule has 0 fully saturated rings. The number of carbonyl (C=O) groups is 1. The zero-order valence-electron chi connectivity index (χ0n) is 16.7. The van der Waals surface area contributed by atoms with E-state index in [4.69, 9.17) is 11.6 Å². The van der Waals surface area contributed by atoms with Crippen LogP contribution in [0.4, 0.5) is 33.6 Å². The van der Waals surface area contributed by atoms with Crippen molar-refractivity contribution >= 4 is 46.5 Å². The summed E-state index contributed by atoms with van der Waals surface area (Å²) in [5.74, 6) is 1.34. The number of halogens is 1. The highest BCUT2D eigenvalue weighted by molar-refractivity contribution is 6.33. The average Bonchev–Trinajstić information content (AvgIpc) is 2.65. The van der Waals surface area contributed by atoms with Crippen LogP contribution in [-0.4, -0.2) is 30.1 Å². The van der Waals surface area contributed by atoms with Crippen LogP contribution < -0.4 is 20.9 Å². The molecule has 3 aromatic rings. The maximum absolute atomic E-state index is 12.2. The lowest BCUT2D eigenvalue weighted by Gasteiger charge is -2.14. The minimum absolute atomic E-state index is 0.367. The van der Waals surface area contributed by atoms with Crippen molar-refractivity contribution in [3.63, 3.8) is 0 Å². The van der Waals surface area contributed by atoms with Crippen LogP contribution >= 0.6 is 11.6 Å².